The molecular formula is C13H22N4O. The third-order valence-corrected chi connectivity index (χ3v) is 3.48. The summed E-state index contributed by atoms with van der Waals surface area (Å²) in [6.45, 7) is 3.72. The zero-order valence-corrected chi connectivity index (χ0v) is 11.0. The highest BCUT2D eigenvalue weighted by Gasteiger charge is 2.19. The summed E-state index contributed by atoms with van der Waals surface area (Å²) in [5.74, 6) is 0.151. The van der Waals surface area contributed by atoms with Crippen molar-refractivity contribution in [3.63, 3.8) is 0 Å². The lowest BCUT2D eigenvalue weighted by Crippen LogP contribution is -2.46. The van der Waals surface area contributed by atoms with Gasteiger partial charge in [-0.1, -0.05) is 6.42 Å². The lowest BCUT2D eigenvalue weighted by atomic mass is 10.0. The van der Waals surface area contributed by atoms with E-state index >= 15 is 0 Å². The van der Waals surface area contributed by atoms with Gasteiger partial charge in [0, 0.05) is 12.2 Å². The van der Waals surface area contributed by atoms with Gasteiger partial charge in [0.2, 0.25) is 5.91 Å². The molecule has 1 unspecified atom stereocenters. The highest BCUT2D eigenvalue weighted by Crippen LogP contribution is 2.07. The second-order valence-corrected chi connectivity index (χ2v) is 4.92. The van der Waals surface area contributed by atoms with Gasteiger partial charge in [0.15, 0.2) is 0 Å². The number of rotatable bonds is 5. The molecule has 1 fully saturated rings. The fourth-order valence-corrected chi connectivity index (χ4v) is 2.32. The molecule has 1 aliphatic rings. The summed E-state index contributed by atoms with van der Waals surface area (Å²) in [5, 5.41) is 13.2. The monoisotopic (exact) mass is 250 g/mol. The number of carbonyl (C=O) groups is 1. The van der Waals surface area contributed by atoms with Gasteiger partial charge in [0.1, 0.15) is 0 Å². The maximum atomic E-state index is 11.8. The molecule has 2 heterocycles. The maximum Gasteiger partial charge on any atom is 0.237 e. The minimum Gasteiger partial charge on any atom is -0.355 e. The summed E-state index contributed by atoms with van der Waals surface area (Å²) in [4.78, 5) is 11.8. The van der Waals surface area contributed by atoms with Crippen LogP contribution in [0.25, 0.3) is 0 Å². The standard InChI is InChI=1S/C13H22N4O/c1-10-11(9-16-17-10)5-4-8-15-13(18)12-6-2-3-7-14-12/h9,12,14H,2-8H2,1H3,(H,15,18)(H,16,17). The molecule has 1 aromatic heterocycles. The molecule has 1 atom stereocenters. The van der Waals surface area contributed by atoms with Crippen molar-refractivity contribution in [3.8, 4) is 0 Å². The van der Waals surface area contributed by atoms with Crippen molar-refractivity contribution in [1.29, 1.82) is 0 Å². The van der Waals surface area contributed by atoms with Crippen molar-refractivity contribution < 1.29 is 4.79 Å². The minimum atomic E-state index is 0.0226. The predicted molar refractivity (Wildman–Crippen MR) is 70.3 cm³/mol. The molecule has 5 heteroatoms. The summed E-state index contributed by atoms with van der Waals surface area (Å²) in [6.07, 6.45) is 7.08. The Hall–Kier alpha value is -1.36. The van der Waals surface area contributed by atoms with E-state index in [4.69, 9.17) is 0 Å². The van der Waals surface area contributed by atoms with Crippen LogP contribution in [0.3, 0.4) is 0 Å². The highest BCUT2D eigenvalue weighted by molar-refractivity contribution is 5.81. The molecule has 2 rings (SSSR count). The number of aromatic amines is 1. The molecule has 0 spiro atoms. The van der Waals surface area contributed by atoms with Crippen molar-refractivity contribution in [3.05, 3.63) is 17.5 Å². The SMILES string of the molecule is Cc1[nH]ncc1CCCNC(=O)C1CCCCN1. The molecule has 0 aromatic carbocycles. The average Bonchev–Trinajstić information content (AvgIpc) is 2.81. The van der Waals surface area contributed by atoms with Gasteiger partial charge in [0.05, 0.1) is 12.2 Å². The quantitative estimate of drug-likeness (QED) is 0.680. The van der Waals surface area contributed by atoms with E-state index in [2.05, 4.69) is 20.8 Å². The Morgan fingerprint density at radius 3 is 3.11 bits per heavy atom. The smallest absolute Gasteiger partial charge is 0.237 e. The number of hydrogen-bond acceptors (Lipinski definition) is 3. The van der Waals surface area contributed by atoms with Crippen LogP contribution in [-0.4, -0.2) is 35.2 Å². The molecule has 1 aromatic rings. The van der Waals surface area contributed by atoms with E-state index in [1.54, 1.807) is 0 Å². The van der Waals surface area contributed by atoms with E-state index < -0.39 is 0 Å². The lowest BCUT2D eigenvalue weighted by molar-refractivity contribution is -0.123. The van der Waals surface area contributed by atoms with E-state index in [1.807, 2.05) is 13.1 Å². The summed E-state index contributed by atoms with van der Waals surface area (Å²) >= 11 is 0. The Balaban J connectivity index is 1.63. The van der Waals surface area contributed by atoms with Gasteiger partial charge in [0.25, 0.3) is 0 Å². The molecule has 0 radical (unpaired) electrons. The van der Waals surface area contributed by atoms with Crippen LogP contribution >= 0.6 is 0 Å². The average molecular weight is 250 g/mol. The Morgan fingerprint density at radius 1 is 1.56 bits per heavy atom. The largest absolute Gasteiger partial charge is 0.355 e. The number of aromatic nitrogens is 2. The molecule has 18 heavy (non-hydrogen) atoms. The van der Waals surface area contributed by atoms with E-state index in [1.165, 1.54) is 12.0 Å². The molecule has 5 nitrogen and oxygen atoms in total. The molecule has 1 aliphatic heterocycles. The predicted octanol–water partition coefficient (Wildman–Crippen LogP) is 0.909. The summed E-state index contributed by atoms with van der Waals surface area (Å²) in [5.41, 5.74) is 2.36. The Bertz CT molecular complexity index is 382. The molecule has 1 saturated heterocycles. The number of nitrogens with zero attached hydrogens (tertiary/aromatic N) is 1. The van der Waals surface area contributed by atoms with Gasteiger partial charge < -0.3 is 10.6 Å². The Morgan fingerprint density at radius 2 is 2.44 bits per heavy atom. The van der Waals surface area contributed by atoms with Crippen LogP contribution in [0.1, 0.15) is 36.9 Å². The number of hydrogen-bond donors (Lipinski definition) is 3. The minimum absolute atomic E-state index is 0.0226. The van der Waals surface area contributed by atoms with Crippen LogP contribution in [0.5, 0.6) is 0 Å². The number of nitrogens with one attached hydrogen (secondary N) is 3. The van der Waals surface area contributed by atoms with Gasteiger partial charge in [-0.3, -0.25) is 9.89 Å². The lowest BCUT2D eigenvalue weighted by Gasteiger charge is -2.22. The van der Waals surface area contributed by atoms with Crippen LogP contribution in [0, 0.1) is 6.92 Å². The van der Waals surface area contributed by atoms with Gasteiger partial charge in [-0.2, -0.15) is 5.10 Å². The summed E-state index contributed by atoms with van der Waals surface area (Å²) < 4.78 is 0. The van der Waals surface area contributed by atoms with Crippen LogP contribution in [-0.2, 0) is 11.2 Å². The van der Waals surface area contributed by atoms with Gasteiger partial charge in [-0.05, 0) is 44.7 Å². The van der Waals surface area contributed by atoms with Crippen molar-refractivity contribution in [2.24, 2.45) is 0 Å². The number of carbonyl (C=O) groups excluding carboxylic acids is 1. The van der Waals surface area contributed by atoms with Crippen molar-refractivity contribution >= 4 is 5.91 Å². The fraction of sp³-hybridized carbons (Fsp3) is 0.692. The summed E-state index contributed by atoms with van der Waals surface area (Å²) in [6, 6.07) is 0.0226. The second-order valence-electron chi connectivity index (χ2n) is 4.92. The van der Waals surface area contributed by atoms with Crippen LogP contribution in [0.15, 0.2) is 6.20 Å². The number of amides is 1. The van der Waals surface area contributed by atoms with E-state index in [0.717, 1.165) is 44.5 Å². The first-order chi connectivity index (χ1) is 8.77. The Kier molecular flexibility index (Phi) is 4.75. The van der Waals surface area contributed by atoms with E-state index in [0.29, 0.717) is 0 Å². The number of H-pyrrole nitrogens is 1. The van der Waals surface area contributed by atoms with Gasteiger partial charge >= 0.3 is 0 Å². The fourth-order valence-electron chi connectivity index (χ4n) is 2.32. The number of aryl methyl sites for hydroxylation is 2. The topological polar surface area (TPSA) is 69.8 Å². The second kappa shape index (κ2) is 6.54. The van der Waals surface area contributed by atoms with Crippen LogP contribution in [0.4, 0.5) is 0 Å². The molecule has 0 aliphatic carbocycles. The van der Waals surface area contributed by atoms with E-state index in [9.17, 15) is 4.79 Å². The van der Waals surface area contributed by atoms with E-state index in [-0.39, 0.29) is 11.9 Å². The van der Waals surface area contributed by atoms with Crippen molar-refractivity contribution in [2.45, 2.75) is 45.1 Å². The molecule has 100 valence electrons. The van der Waals surface area contributed by atoms with Crippen molar-refractivity contribution in [1.82, 2.24) is 20.8 Å². The molecule has 0 saturated carbocycles. The normalized spacial score (nSPS) is 19.7. The highest BCUT2D eigenvalue weighted by atomic mass is 16.2. The zero-order chi connectivity index (χ0) is 12.8. The Labute approximate surface area is 108 Å². The third-order valence-electron chi connectivity index (χ3n) is 3.48. The maximum absolute atomic E-state index is 11.8. The van der Waals surface area contributed by atoms with Crippen LogP contribution < -0.4 is 10.6 Å². The molecule has 1 amide bonds. The molecular weight excluding hydrogens is 228 g/mol. The first-order valence-electron chi connectivity index (χ1n) is 6.77. The van der Waals surface area contributed by atoms with Gasteiger partial charge in [-0.15, -0.1) is 0 Å². The number of piperidine rings is 1. The van der Waals surface area contributed by atoms with Crippen LogP contribution in [0.2, 0.25) is 0 Å². The zero-order valence-electron chi connectivity index (χ0n) is 11.0. The first-order valence-corrected chi connectivity index (χ1v) is 6.77. The third kappa shape index (κ3) is 3.57. The van der Waals surface area contributed by atoms with Crippen molar-refractivity contribution in [2.75, 3.05) is 13.1 Å². The molecule has 0 bridgehead atoms. The van der Waals surface area contributed by atoms with Gasteiger partial charge in [-0.25, -0.2) is 0 Å². The first kappa shape index (κ1) is 13.1. The molecule has 3 N–H and O–H groups in total. The summed E-state index contributed by atoms with van der Waals surface area (Å²) in [7, 11) is 0.